The summed E-state index contributed by atoms with van der Waals surface area (Å²) in [5, 5.41) is 8.80. The summed E-state index contributed by atoms with van der Waals surface area (Å²) < 4.78 is 44.7. The van der Waals surface area contributed by atoms with Gasteiger partial charge >= 0.3 is 6.18 Å². The number of thioether (sulfide) groups is 1. The van der Waals surface area contributed by atoms with Gasteiger partial charge in [-0.05, 0) is 36.2 Å². The third-order valence-electron chi connectivity index (χ3n) is 4.32. The van der Waals surface area contributed by atoms with Crippen molar-refractivity contribution in [2.45, 2.75) is 29.5 Å². The van der Waals surface area contributed by atoms with E-state index in [0.717, 1.165) is 23.4 Å². The Morgan fingerprint density at radius 2 is 2.04 bits per heavy atom. The second kappa shape index (κ2) is 8.83. The Labute approximate surface area is 164 Å². The Morgan fingerprint density at radius 3 is 2.71 bits per heavy atom. The number of hydrogen-bond acceptors (Lipinski definition) is 5. The van der Waals surface area contributed by atoms with Crippen molar-refractivity contribution in [2.24, 2.45) is 0 Å². The van der Waals surface area contributed by atoms with Crippen molar-refractivity contribution < 1.29 is 27.8 Å². The molecule has 5 nitrogen and oxygen atoms in total. The maximum absolute atomic E-state index is 13.1. The Kier molecular flexibility index (Phi) is 6.46. The molecule has 9 heteroatoms. The SMILES string of the molecule is O=C(COc1ccc(CO)cc1)N1CC[C@@H](Sc2ncccc2C(F)(F)F)C1. The molecule has 1 aliphatic heterocycles. The first kappa shape index (κ1) is 20.5. The van der Waals surface area contributed by atoms with E-state index >= 15 is 0 Å². The molecule has 0 saturated carbocycles. The van der Waals surface area contributed by atoms with Crippen LogP contribution in [0.1, 0.15) is 17.5 Å². The van der Waals surface area contributed by atoms with E-state index in [1.165, 1.54) is 12.3 Å². The van der Waals surface area contributed by atoms with Crippen LogP contribution in [-0.4, -0.2) is 45.8 Å². The van der Waals surface area contributed by atoms with Crippen molar-refractivity contribution in [3.05, 3.63) is 53.7 Å². The molecule has 0 unspecified atom stereocenters. The number of aromatic nitrogens is 1. The second-order valence-electron chi connectivity index (χ2n) is 6.31. The number of aliphatic hydroxyl groups is 1. The number of nitrogens with zero attached hydrogens (tertiary/aromatic N) is 2. The summed E-state index contributed by atoms with van der Waals surface area (Å²) in [5.74, 6) is 0.297. The van der Waals surface area contributed by atoms with Crippen LogP contribution in [0.3, 0.4) is 0 Å². The molecule has 1 atom stereocenters. The van der Waals surface area contributed by atoms with E-state index in [2.05, 4.69) is 4.98 Å². The molecule has 1 aromatic heterocycles. The zero-order valence-electron chi connectivity index (χ0n) is 14.9. The molecule has 28 heavy (non-hydrogen) atoms. The number of halogens is 3. The van der Waals surface area contributed by atoms with E-state index in [1.54, 1.807) is 29.2 Å². The van der Waals surface area contributed by atoms with Gasteiger partial charge < -0.3 is 14.7 Å². The highest BCUT2D eigenvalue weighted by Gasteiger charge is 2.36. The number of benzene rings is 1. The van der Waals surface area contributed by atoms with Crippen molar-refractivity contribution in [1.82, 2.24) is 9.88 Å². The smallest absolute Gasteiger partial charge is 0.419 e. The molecule has 150 valence electrons. The number of hydrogen-bond donors (Lipinski definition) is 1. The largest absolute Gasteiger partial charge is 0.484 e. The van der Waals surface area contributed by atoms with Gasteiger partial charge in [0.15, 0.2) is 6.61 Å². The Bertz CT molecular complexity index is 815. The maximum atomic E-state index is 13.1. The van der Waals surface area contributed by atoms with Crippen LogP contribution in [0.5, 0.6) is 5.75 Å². The van der Waals surface area contributed by atoms with Crippen molar-refractivity contribution in [1.29, 1.82) is 0 Å². The lowest BCUT2D eigenvalue weighted by atomic mass is 10.2. The fraction of sp³-hybridized carbons (Fsp3) is 0.368. The highest BCUT2D eigenvalue weighted by molar-refractivity contribution is 8.00. The number of alkyl halides is 3. The average molecular weight is 412 g/mol. The fourth-order valence-corrected chi connectivity index (χ4v) is 4.06. The molecule has 0 bridgehead atoms. The van der Waals surface area contributed by atoms with Gasteiger partial charge in [-0.1, -0.05) is 12.1 Å². The topological polar surface area (TPSA) is 62.7 Å². The van der Waals surface area contributed by atoms with Gasteiger partial charge in [0.25, 0.3) is 5.91 Å². The van der Waals surface area contributed by atoms with Crippen LogP contribution in [0.2, 0.25) is 0 Å². The number of amides is 1. The zero-order valence-corrected chi connectivity index (χ0v) is 15.7. The first-order valence-corrected chi connectivity index (χ1v) is 9.54. The molecular formula is C19H19F3N2O3S. The summed E-state index contributed by atoms with van der Waals surface area (Å²) in [6, 6.07) is 9.02. The summed E-state index contributed by atoms with van der Waals surface area (Å²) in [4.78, 5) is 17.8. The summed E-state index contributed by atoms with van der Waals surface area (Å²) in [5.41, 5.74) is -0.00901. The summed E-state index contributed by atoms with van der Waals surface area (Å²) in [7, 11) is 0. The van der Waals surface area contributed by atoms with Crippen LogP contribution in [0, 0.1) is 0 Å². The fourth-order valence-electron chi connectivity index (χ4n) is 2.84. The highest BCUT2D eigenvalue weighted by Crippen LogP contribution is 2.38. The summed E-state index contributed by atoms with van der Waals surface area (Å²) >= 11 is 1.05. The van der Waals surface area contributed by atoms with Gasteiger partial charge in [0.2, 0.25) is 0 Å². The predicted octanol–water partition coefficient (Wildman–Crippen LogP) is 3.36. The molecule has 1 N–H and O–H groups in total. The lowest BCUT2D eigenvalue weighted by Crippen LogP contribution is -2.33. The first-order chi connectivity index (χ1) is 13.4. The molecule has 1 fully saturated rings. The highest BCUT2D eigenvalue weighted by atomic mass is 32.2. The van der Waals surface area contributed by atoms with Gasteiger partial charge in [-0.15, -0.1) is 11.8 Å². The Morgan fingerprint density at radius 1 is 1.29 bits per heavy atom. The van der Waals surface area contributed by atoms with Crippen LogP contribution in [0.25, 0.3) is 0 Å². The van der Waals surface area contributed by atoms with Crippen molar-refractivity contribution in [2.75, 3.05) is 19.7 Å². The lowest BCUT2D eigenvalue weighted by molar-refractivity contribution is -0.140. The molecule has 1 saturated heterocycles. The minimum Gasteiger partial charge on any atom is -0.484 e. The molecule has 0 aliphatic carbocycles. The molecule has 2 aromatic rings. The summed E-state index contributed by atoms with van der Waals surface area (Å²) in [6.45, 7) is 0.604. The molecule has 0 spiro atoms. The minimum atomic E-state index is -4.45. The minimum absolute atomic E-state index is 0.0606. The molecular weight excluding hydrogens is 393 g/mol. The third kappa shape index (κ3) is 5.17. The molecule has 1 aromatic carbocycles. The number of pyridine rings is 1. The van der Waals surface area contributed by atoms with Gasteiger partial charge in [0.05, 0.1) is 12.2 Å². The number of rotatable bonds is 6. The zero-order chi connectivity index (χ0) is 20.1. The van der Waals surface area contributed by atoms with E-state index in [4.69, 9.17) is 9.84 Å². The normalized spacial score (nSPS) is 17.0. The predicted molar refractivity (Wildman–Crippen MR) is 97.9 cm³/mol. The van der Waals surface area contributed by atoms with Crippen LogP contribution in [-0.2, 0) is 17.6 Å². The van der Waals surface area contributed by atoms with E-state index in [0.29, 0.717) is 25.3 Å². The van der Waals surface area contributed by atoms with E-state index in [-0.39, 0.29) is 29.4 Å². The molecule has 0 radical (unpaired) electrons. The van der Waals surface area contributed by atoms with Crippen molar-refractivity contribution >= 4 is 17.7 Å². The van der Waals surface area contributed by atoms with Crippen molar-refractivity contribution in [3.8, 4) is 5.75 Å². The monoisotopic (exact) mass is 412 g/mol. The van der Waals surface area contributed by atoms with E-state index < -0.39 is 11.7 Å². The lowest BCUT2D eigenvalue weighted by Gasteiger charge is -2.17. The number of carbonyl (C=O) groups excluding carboxylic acids is 1. The quantitative estimate of drug-likeness (QED) is 0.788. The Balaban J connectivity index is 1.53. The molecule has 3 rings (SSSR count). The van der Waals surface area contributed by atoms with Gasteiger partial charge in [-0.2, -0.15) is 13.2 Å². The van der Waals surface area contributed by atoms with Crippen LogP contribution < -0.4 is 4.74 Å². The molecule has 2 heterocycles. The standard InChI is InChI=1S/C19H19F3N2O3S/c20-19(21,22)16-2-1-8-23-18(16)28-15-7-9-24(10-15)17(26)12-27-14-5-3-13(11-25)4-6-14/h1-6,8,15,25H,7,9-12H2/t15-/m1/s1. The van der Waals surface area contributed by atoms with Gasteiger partial charge in [-0.3, -0.25) is 4.79 Å². The van der Waals surface area contributed by atoms with Gasteiger partial charge in [-0.25, -0.2) is 4.98 Å². The van der Waals surface area contributed by atoms with Crippen molar-refractivity contribution in [3.63, 3.8) is 0 Å². The van der Waals surface area contributed by atoms with E-state index in [9.17, 15) is 18.0 Å². The summed E-state index contributed by atoms with van der Waals surface area (Å²) in [6.07, 6.45) is -2.52. The maximum Gasteiger partial charge on any atom is 0.419 e. The number of likely N-dealkylation sites (tertiary alicyclic amines) is 1. The number of carbonyl (C=O) groups is 1. The van der Waals surface area contributed by atoms with E-state index in [1.807, 2.05) is 0 Å². The van der Waals surface area contributed by atoms with Crippen LogP contribution in [0.4, 0.5) is 13.2 Å². The molecule has 1 aliphatic rings. The van der Waals surface area contributed by atoms with Gasteiger partial charge in [0.1, 0.15) is 10.8 Å². The molecule has 1 amide bonds. The van der Waals surface area contributed by atoms with Crippen LogP contribution in [0.15, 0.2) is 47.6 Å². The number of ether oxygens (including phenoxy) is 1. The number of aliphatic hydroxyl groups excluding tert-OH is 1. The Hall–Kier alpha value is -2.26. The first-order valence-electron chi connectivity index (χ1n) is 8.66. The average Bonchev–Trinajstić information content (AvgIpc) is 3.14. The van der Waals surface area contributed by atoms with Crippen LogP contribution >= 0.6 is 11.8 Å². The third-order valence-corrected chi connectivity index (χ3v) is 5.59. The second-order valence-corrected chi connectivity index (χ2v) is 7.60. The van der Waals surface area contributed by atoms with Gasteiger partial charge in [0, 0.05) is 24.5 Å².